The Hall–Kier alpha value is -2.86. The molecule has 0 spiro atoms. The number of hydrogen-bond acceptors (Lipinski definition) is 3. The van der Waals surface area contributed by atoms with Gasteiger partial charge in [-0.3, -0.25) is 9.89 Å². The van der Waals surface area contributed by atoms with Gasteiger partial charge in [0, 0.05) is 65.1 Å². The summed E-state index contributed by atoms with van der Waals surface area (Å²) in [5.74, 6) is 0.989. The van der Waals surface area contributed by atoms with Crippen molar-refractivity contribution >= 4 is 11.6 Å². The number of imidazole rings is 1. The summed E-state index contributed by atoms with van der Waals surface area (Å²) in [6.07, 6.45) is 5.02. The summed E-state index contributed by atoms with van der Waals surface area (Å²) in [7, 11) is 1.86. The molecule has 6 heteroatoms. The van der Waals surface area contributed by atoms with E-state index in [1.807, 2.05) is 31.4 Å². The fourth-order valence-electron chi connectivity index (χ4n) is 3.70. The third kappa shape index (κ3) is 4.51. The first-order valence-corrected chi connectivity index (χ1v) is 9.96. The van der Waals surface area contributed by atoms with E-state index in [-0.39, 0.29) is 0 Å². The van der Waals surface area contributed by atoms with E-state index in [1.165, 1.54) is 5.56 Å². The van der Waals surface area contributed by atoms with E-state index in [0.717, 1.165) is 63.0 Å². The Balaban J connectivity index is 1.24. The van der Waals surface area contributed by atoms with E-state index in [1.54, 1.807) is 0 Å². The topological polar surface area (TPSA) is 48.2 Å². The number of pyridine rings is 1. The predicted octanol–water partition coefficient (Wildman–Crippen LogP) is 2.27. The van der Waals surface area contributed by atoms with Gasteiger partial charge in [-0.2, -0.15) is 0 Å². The summed E-state index contributed by atoms with van der Waals surface area (Å²) in [5, 5.41) is 3.50. The molecule has 1 aromatic carbocycles. The van der Waals surface area contributed by atoms with Gasteiger partial charge in [-0.25, -0.2) is 4.98 Å². The number of nitrogens with one attached hydrogen (secondary N) is 1. The van der Waals surface area contributed by atoms with E-state index in [9.17, 15) is 0 Å². The van der Waals surface area contributed by atoms with Crippen LogP contribution in [0.4, 0.5) is 0 Å². The van der Waals surface area contributed by atoms with Gasteiger partial charge in [0.15, 0.2) is 5.96 Å². The molecule has 0 bridgehead atoms. The summed E-state index contributed by atoms with van der Waals surface area (Å²) >= 11 is 0. The molecule has 3 heterocycles. The smallest absolute Gasteiger partial charge is 0.193 e. The average Bonchev–Trinajstić information content (AvgIpc) is 3.16. The molecule has 6 nitrogen and oxygen atoms in total. The molecule has 28 heavy (non-hydrogen) atoms. The van der Waals surface area contributed by atoms with E-state index in [2.05, 4.69) is 66.0 Å². The van der Waals surface area contributed by atoms with Crippen LogP contribution in [0.25, 0.3) is 5.65 Å². The number of fused-ring (bicyclic) bond motifs is 1. The Morgan fingerprint density at radius 3 is 2.57 bits per heavy atom. The number of aliphatic imine (C=N–C) groups is 1. The third-order valence-electron chi connectivity index (χ3n) is 5.21. The summed E-state index contributed by atoms with van der Waals surface area (Å²) in [6, 6.07) is 16.8. The van der Waals surface area contributed by atoms with Crippen molar-refractivity contribution in [3.05, 3.63) is 72.2 Å². The highest BCUT2D eigenvalue weighted by Crippen LogP contribution is 2.09. The Labute approximate surface area is 166 Å². The predicted molar refractivity (Wildman–Crippen MR) is 114 cm³/mol. The first kappa shape index (κ1) is 18.5. The Kier molecular flexibility index (Phi) is 5.87. The van der Waals surface area contributed by atoms with E-state index in [4.69, 9.17) is 0 Å². The van der Waals surface area contributed by atoms with Gasteiger partial charge in [0.25, 0.3) is 0 Å². The second-order valence-corrected chi connectivity index (χ2v) is 7.17. The molecule has 0 saturated carbocycles. The maximum absolute atomic E-state index is 4.66. The first-order valence-electron chi connectivity index (χ1n) is 9.96. The molecule has 1 N–H and O–H groups in total. The van der Waals surface area contributed by atoms with Crippen LogP contribution >= 0.6 is 0 Å². The van der Waals surface area contributed by atoms with Crippen LogP contribution in [0, 0.1) is 0 Å². The van der Waals surface area contributed by atoms with Crippen molar-refractivity contribution < 1.29 is 0 Å². The number of guanidine groups is 1. The van der Waals surface area contributed by atoms with Gasteiger partial charge >= 0.3 is 0 Å². The van der Waals surface area contributed by atoms with Crippen LogP contribution in [0.5, 0.6) is 0 Å². The third-order valence-corrected chi connectivity index (χ3v) is 5.21. The lowest BCUT2D eigenvalue weighted by Crippen LogP contribution is -2.52. The van der Waals surface area contributed by atoms with Gasteiger partial charge in [-0.15, -0.1) is 0 Å². The van der Waals surface area contributed by atoms with Gasteiger partial charge in [-0.05, 0) is 17.7 Å². The van der Waals surface area contributed by atoms with Crippen LogP contribution in [0.1, 0.15) is 11.3 Å². The van der Waals surface area contributed by atoms with Gasteiger partial charge < -0.3 is 14.6 Å². The molecule has 2 aromatic heterocycles. The van der Waals surface area contributed by atoms with Gasteiger partial charge in [0.05, 0.1) is 5.69 Å². The van der Waals surface area contributed by atoms with Crippen molar-refractivity contribution in [1.82, 2.24) is 24.5 Å². The lowest BCUT2D eigenvalue weighted by atomic mass is 10.2. The summed E-state index contributed by atoms with van der Waals surface area (Å²) in [5.41, 5.74) is 3.48. The van der Waals surface area contributed by atoms with Gasteiger partial charge in [-0.1, -0.05) is 36.4 Å². The van der Waals surface area contributed by atoms with Crippen molar-refractivity contribution in [1.29, 1.82) is 0 Å². The van der Waals surface area contributed by atoms with Gasteiger partial charge in [0.1, 0.15) is 5.65 Å². The quantitative estimate of drug-likeness (QED) is 0.548. The van der Waals surface area contributed by atoms with Crippen molar-refractivity contribution in [2.75, 3.05) is 39.8 Å². The molecule has 0 amide bonds. The molecule has 0 unspecified atom stereocenters. The highest BCUT2D eigenvalue weighted by atomic mass is 15.3. The molecule has 146 valence electrons. The van der Waals surface area contributed by atoms with Crippen LogP contribution < -0.4 is 5.32 Å². The zero-order chi connectivity index (χ0) is 19.2. The molecule has 1 aliphatic rings. The molecule has 0 radical (unpaired) electrons. The Morgan fingerprint density at radius 1 is 1.04 bits per heavy atom. The van der Waals surface area contributed by atoms with Crippen LogP contribution in [0.2, 0.25) is 0 Å². The van der Waals surface area contributed by atoms with E-state index < -0.39 is 0 Å². The SMILES string of the molecule is CN=C(NCCc1cn2ccccc2n1)N1CCN(Cc2ccccc2)CC1. The summed E-state index contributed by atoms with van der Waals surface area (Å²) < 4.78 is 2.07. The van der Waals surface area contributed by atoms with E-state index >= 15 is 0 Å². The number of nitrogens with zero attached hydrogens (tertiary/aromatic N) is 5. The number of benzene rings is 1. The fourth-order valence-corrected chi connectivity index (χ4v) is 3.70. The van der Waals surface area contributed by atoms with Crippen molar-refractivity contribution in [2.24, 2.45) is 4.99 Å². The number of rotatable bonds is 5. The fraction of sp³-hybridized carbons (Fsp3) is 0.364. The highest BCUT2D eigenvalue weighted by Gasteiger charge is 2.19. The van der Waals surface area contributed by atoms with Crippen LogP contribution in [0.3, 0.4) is 0 Å². The monoisotopic (exact) mass is 376 g/mol. The number of hydrogen-bond donors (Lipinski definition) is 1. The number of aromatic nitrogens is 2. The minimum atomic E-state index is 0.834. The lowest BCUT2D eigenvalue weighted by Gasteiger charge is -2.36. The summed E-state index contributed by atoms with van der Waals surface area (Å²) in [4.78, 5) is 14.0. The molecule has 0 atom stereocenters. The second-order valence-electron chi connectivity index (χ2n) is 7.17. The lowest BCUT2D eigenvalue weighted by molar-refractivity contribution is 0.172. The van der Waals surface area contributed by atoms with Crippen LogP contribution in [-0.2, 0) is 13.0 Å². The summed E-state index contributed by atoms with van der Waals surface area (Å²) in [6.45, 7) is 5.97. The first-order chi connectivity index (χ1) is 13.8. The maximum Gasteiger partial charge on any atom is 0.193 e. The molecular weight excluding hydrogens is 348 g/mol. The normalized spacial score (nSPS) is 15.9. The Bertz CT molecular complexity index is 876. The van der Waals surface area contributed by atoms with Crippen LogP contribution in [0.15, 0.2) is 65.9 Å². The molecule has 3 aromatic rings. The van der Waals surface area contributed by atoms with Crippen molar-refractivity contribution in [3.8, 4) is 0 Å². The molecule has 4 rings (SSSR count). The average molecular weight is 377 g/mol. The van der Waals surface area contributed by atoms with Gasteiger partial charge in [0.2, 0.25) is 0 Å². The minimum absolute atomic E-state index is 0.834. The molecule has 1 aliphatic heterocycles. The second kappa shape index (κ2) is 8.89. The maximum atomic E-state index is 4.66. The molecular formula is C22H28N6. The highest BCUT2D eigenvalue weighted by molar-refractivity contribution is 5.80. The molecule has 1 saturated heterocycles. The largest absolute Gasteiger partial charge is 0.356 e. The zero-order valence-corrected chi connectivity index (χ0v) is 16.5. The van der Waals surface area contributed by atoms with Crippen LogP contribution in [-0.4, -0.2) is 64.9 Å². The molecule has 1 fully saturated rings. The van der Waals surface area contributed by atoms with Crippen molar-refractivity contribution in [3.63, 3.8) is 0 Å². The standard InChI is InChI=1S/C22H28N6/c1-23-22(24-11-10-20-18-28-12-6-5-9-21(28)25-20)27-15-13-26(14-16-27)17-19-7-3-2-4-8-19/h2-9,12,18H,10-11,13-17H2,1H3,(H,23,24). The zero-order valence-electron chi connectivity index (χ0n) is 16.5. The van der Waals surface area contributed by atoms with E-state index in [0.29, 0.717) is 0 Å². The Morgan fingerprint density at radius 2 is 1.82 bits per heavy atom. The minimum Gasteiger partial charge on any atom is -0.356 e. The molecule has 0 aliphatic carbocycles. The van der Waals surface area contributed by atoms with Crippen molar-refractivity contribution in [2.45, 2.75) is 13.0 Å². The number of piperazine rings is 1.